The molecular weight excluding hydrogens is 270 g/mol. The van der Waals surface area contributed by atoms with Crippen LogP contribution in [0.1, 0.15) is 50.8 Å². The van der Waals surface area contributed by atoms with Crippen molar-refractivity contribution in [2.24, 2.45) is 0 Å². The van der Waals surface area contributed by atoms with Crippen LogP contribution in [0.4, 0.5) is 0 Å². The van der Waals surface area contributed by atoms with Crippen LogP contribution in [0.3, 0.4) is 0 Å². The van der Waals surface area contributed by atoms with Crippen molar-refractivity contribution in [3.05, 3.63) is 35.4 Å². The van der Waals surface area contributed by atoms with Crippen LogP contribution in [-0.4, -0.2) is 26.5 Å². The minimum absolute atomic E-state index is 0.0996. The summed E-state index contributed by atoms with van der Waals surface area (Å²) in [4.78, 5) is 0. The molecule has 0 spiro atoms. The average Bonchev–Trinajstić information content (AvgIpc) is 2.43. The van der Waals surface area contributed by atoms with Crippen LogP contribution in [0.15, 0.2) is 24.3 Å². The monoisotopic (exact) mass is 297 g/mol. The molecule has 1 aromatic rings. The van der Waals surface area contributed by atoms with Gasteiger partial charge in [-0.15, -0.1) is 0 Å². The van der Waals surface area contributed by atoms with Crippen LogP contribution >= 0.6 is 0 Å². The van der Waals surface area contributed by atoms with E-state index in [9.17, 15) is 8.42 Å². The van der Waals surface area contributed by atoms with E-state index < -0.39 is 9.84 Å². The molecule has 4 heteroatoms. The number of hydrogen-bond donors (Lipinski definition) is 1. The van der Waals surface area contributed by atoms with Gasteiger partial charge in [0, 0.05) is 11.8 Å². The van der Waals surface area contributed by atoms with E-state index in [2.05, 4.69) is 31.3 Å². The van der Waals surface area contributed by atoms with Crippen LogP contribution < -0.4 is 5.32 Å². The highest BCUT2D eigenvalue weighted by molar-refractivity contribution is 7.91. The maximum Gasteiger partial charge on any atom is 0.152 e. The lowest BCUT2D eigenvalue weighted by Crippen LogP contribution is -2.29. The molecule has 0 aromatic heterocycles. The van der Waals surface area contributed by atoms with E-state index in [1.807, 2.05) is 19.1 Å². The molecule has 0 aliphatic rings. The second-order valence-corrected chi connectivity index (χ2v) is 7.44. The van der Waals surface area contributed by atoms with E-state index in [4.69, 9.17) is 0 Å². The van der Waals surface area contributed by atoms with Gasteiger partial charge < -0.3 is 5.32 Å². The van der Waals surface area contributed by atoms with E-state index >= 15 is 0 Å². The molecule has 0 fully saturated rings. The third-order valence-electron chi connectivity index (χ3n) is 3.37. The molecule has 0 amide bonds. The number of rotatable bonds is 9. The van der Waals surface area contributed by atoms with Gasteiger partial charge in [0.1, 0.15) is 0 Å². The van der Waals surface area contributed by atoms with Crippen LogP contribution in [0.2, 0.25) is 0 Å². The third-order valence-corrected chi connectivity index (χ3v) is 5.24. The highest BCUT2D eigenvalue weighted by Crippen LogP contribution is 2.17. The molecule has 1 aromatic carbocycles. The maximum atomic E-state index is 12.1. The van der Waals surface area contributed by atoms with Crippen LogP contribution in [0.5, 0.6) is 0 Å². The van der Waals surface area contributed by atoms with Crippen molar-refractivity contribution in [2.75, 3.05) is 18.1 Å². The van der Waals surface area contributed by atoms with Gasteiger partial charge in [0.05, 0.1) is 5.75 Å². The summed E-state index contributed by atoms with van der Waals surface area (Å²) >= 11 is 0. The molecule has 0 aliphatic carbocycles. The van der Waals surface area contributed by atoms with Crippen molar-refractivity contribution >= 4 is 9.84 Å². The van der Waals surface area contributed by atoms with Gasteiger partial charge in [-0.05, 0) is 36.9 Å². The Bertz CT molecular complexity index is 480. The first-order chi connectivity index (χ1) is 9.52. The Hall–Kier alpha value is -0.870. The number of benzene rings is 1. The van der Waals surface area contributed by atoms with Crippen LogP contribution in [-0.2, 0) is 16.3 Å². The Morgan fingerprint density at radius 3 is 2.20 bits per heavy atom. The fraction of sp³-hybridized carbons (Fsp3) is 0.625. The Labute approximate surface area is 123 Å². The molecule has 0 bridgehead atoms. The Morgan fingerprint density at radius 1 is 1.05 bits per heavy atom. The minimum Gasteiger partial charge on any atom is -0.309 e. The Kier molecular flexibility index (Phi) is 7.24. The minimum atomic E-state index is -2.99. The topological polar surface area (TPSA) is 46.2 Å². The molecule has 20 heavy (non-hydrogen) atoms. The van der Waals surface area contributed by atoms with Crippen LogP contribution in [0.25, 0.3) is 0 Å². The van der Waals surface area contributed by atoms with E-state index in [-0.39, 0.29) is 17.5 Å². The molecule has 114 valence electrons. The van der Waals surface area contributed by atoms with Gasteiger partial charge in [-0.3, -0.25) is 0 Å². The average molecular weight is 297 g/mol. The SMILES string of the molecule is CCCNC(CS(=O)(=O)CCC)c1ccc(CC)cc1. The van der Waals surface area contributed by atoms with Crippen molar-refractivity contribution < 1.29 is 8.42 Å². The second-order valence-electron chi connectivity index (χ2n) is 5.22. The summed E-state index contributed by atoms with van der Waals surface area (Å²) in [7, 11) is -2.99. The zero-order chi connectivity index (χ0) is 15.0. The quantitative estimate of drug-likeness (QED) is 0.762. The van der Waals surface area contributed by atoms with Crippen LogP contribution in [0, 0.1) is 0 Å². The number of hydrogen-bond acceptors (Lipinski definition) is 3. The predicted molar refractivity (Wildman–Crippen MR) is 85.8 cm³/mol. The van der Waals surface area contributed by atoms with E-state index in [0.717, 1.165) is 24.9 Å². The summed E-state index contributed by atoms with van der Waals surface area (Å²) < 4.78 is 24.1. The molecule has 3 nitrogen and oxygen atoms in total. The summed E-state index contributed by atoms with van der Waals surface area (Å²) in [5.41, 5.74) is 2.34. The molecule has 1 rings (SSSR count). The van der Waals surface area contributed by atoms with E-state index in [1.54, 1.807) is 0 Å². The van der Waals surface area contributed by atoms with Gasteiger partial charge in [0.15, 0.2) is 9.84 Å². The number of nitrogens with one attached hydrogen (secondary N) is 1. The van der Waals surface area contributed by atoms with Crippen molar-refractivity contribution in [3.8, 4) is 0 Å². The van der Waals surface area contributed by atoms with Crippen molar-refractivity contribution in [2.45, 2.75) is 46.1 Å². The molecule has 0 saturated carbocycles. The first-order valence-electron chi connectivity index (χ1n) is 7.55. The number of sulfone groups is 1. The lowest BCUT2D eigenvalue weighted by Gasteiger charge is -2.19. The van der Waals surface area contributed by atoms with E-state index in [1.165, 1.54) is 5.56 Å². The highest BCUT2D eigenvalue weighted by Gasteiger charge is 2.19. The molecule has 1 N–H and O–H groups in total. The maximum absolute atomic E-state index is 12.1. The first-order valence-corrected chi connectivity index (χ1v) is 9.37. The Balaban J connectivity index is 2.87. The van der Waals surface area contributed by atoms with Gasteiger partial charge in [-0.1, -0.05) is 45.0 Å². The molecule has 0 aliphatic heterocycles. The lowest BCUT2D eigenvalue weighted by molar-refractivity contribution is 0.545. The molecule has 0 radical (unpaired) electrons. The summed E-state index contributed by atoms with van der Waals surface area (Å²) in [6.45, 7) is 6.95. The molecule has 1 unspecified atom stereocenters. The van der Waals surface area contributed by atoms with Gasteiger partial charge in [-0.25, -0.2) is 8.42 Å². The fourth-order valence-corrected chi connectivity index (χ4v) is 3.83. The van der Waals surface area contributed by atoms with Gasteiger partial charge in [0.25, 0.3) is 0 Å². The highest BCUT2D eigenvalue weighted by atomic mass is 32.2. The summed E-state index contributed by atoms with van der Waals surface area (Å²) in [5.74, 6) is 0.455. The second kappa shape index (κ2) is 8.42. The lowest BCUT2D eigenvalue weighted by atomic mass is 10.0. The van der Waals surface area contributed by atoms with Gasteiger partial charge in [0.2, 0.25) is 0 Å². The summed E-state index contributed by atoms with van der Waals surface area (Å²) in [6, 6.07) is 8.17. The smallest absolute Gasteiger partial charge is 0.152 e. The van der Waals surface area contributed by atoms with Crippen molar-refractivity contribution in [3.63, 3.8) is 0 Å². The molecule has 0 heterocycles. The normalized spacial score (nSPS) is 13.3. The Morgan fingerprint density at radius 2 is 1.70 bits per heavy atom. The molecule has 0 saturated heterocycles. The largest absolute Gasteiger partial charge is 0.309 e. The van der Waals surface area contributed by atoms with Crippen molar-refractivity contribution in [1.29, 1.82) is 0 Å². The number of aryl methyl sites for hydroxylation is 1. The zero-order valence-corrected chi connectivity index (χ0v) is 13.7. The standard InChI is InChI=1S/C16H27NO2S/c1-4-11-17-16(13-20(18,19)12-5-2)15-9-7-14(6-3)8-10-15/h7-10,16-17H,4-6,11-13H2,1-3H3. The first kappa shape index (κ1) is 17.2. The summed E-state index contributed by atoms with van der Waals surface area (Å²) in [5, 5.41) is 3.36. The van der Waals surface area contributed by atoms with Gasteiger partial charge >= 0.3 is 0 Å². The molecule has 1 atom stereocenters. The zero-order valence-electron chi connectivity index (χ0n) is 12.9. The fourth-order valence-electron chi connectivity index (χ4n) is 2.23. The predicted octanol–water partition coefficient (Wildman–Crippen LogP) is 3.11. The third kappa shape index (κ3) is 5.63. The van der Waals surface area contributed by atoms with Gasteiger partial charge in [-0.2, -0.15) is 0 Å². The summed E-state index contributed by atoms with van der Waals surface area (Å²) in [6.07, 6.45) is 2.68. The van der Waals surface area contributed by atoms with E-state index in [0.29, 0.717) is 6.42 Å². The van der Waals surface area contributed by atoms with Crippen molar-refractivity contribution in [1.82, 2.24) is 5.32 Å². The molecular formula is C16H27NO2S.